The van der Waals surface area contributed by atoms with E-state index < -0.39 is 9.84 Å². The molecular weight excluding hydrogens is 138 g/mol. The van der Waals surface area contributed by atoms with Gasteiger partial charge in [0.15, 0.2) is 9.84 Å². The maximum Gasteiger partial charge on any atom is 0.163 e. The van der Waals surface area contributed by atoms with E-state index in [1.807, 2.05) is 6.92 Å². The Morgan fingerprint density at radius 3 is 2.33 bits per heavy atom. The molecule has 0 aliphatic heterocycles. The van der Waals surface area contributed by atoms with Crippen LogP contribution in [0.1, 0.15) is 19.8 Å². The van der Waals surface area contributed by atoms with Crippen molar-refractivity contribution in [1.82, 2.24) is 0 Å². The van der Waals surface area contributed by atoms with E-state index in [-0.39, 0.29) is 11.6 Å². The molecule has 0 atom stereocenters. The zero-order chi connectivity index (χ0) is 7.33. The molecule has 0 saturated heterocycles. The van der Waals surface area contributed by atoms with E-state index in [9.17, 15) is 8.42 Å². The molecule has 2 N–H and O–H groups in total. The smallest absolute Gasteiger partial charge is 0.163 e. The van der Waals surface area contributed by atoms with Crippen LogP contribution in [0.25, 0.3) is 0 Å². The highest BCUT2D eigenvalue weighted by molar-refractivity contribution is 7.91. The van der Waals surface area contributed by atoms with Crippen molar-refractivity contribution in [1.29, 1.82) is 0 Å². The zero-order valence-corrected chi connectivity index (χ0v) is 6.45. The predicted molar refractivity (Wildman–Crippen MR) is 37.7 cm³/mol. The van der Waals surface area contributed by atoms with E-state index in [4.69, 9.17) is 5.73 Å². The summed E-state index contributed by atoms with van der Waals surface area (Å²) in [5.41, 5.74) is 4.96. The van der Waals surface area contributed by atoms with Crippen molar-refractivity contribution in [3.8, 4) is 0 Å². The van der Waals surface area contributed by atoms with Crippen LogP contribution in [0.2, 0.25) is 0 Å². The molecule has 0 heterocycles. The number of unbranched alkanes of at least 4 members (excludes halogenated alkanes) is 1. The Balaban J connectivity index is 3.61. The highest BCUT2D eigenvalue weighted by Gasteiger charge is 2.04. The van der Waals surface area contributed by atoms with Crippen molar-refractivity contribution in [2.75, 3.05) is 11.6 Å². The van der Waals surface area contributed by atoms with Gasteiger partial charge in [0, 0.05) is 0 Å². The minimum atomic E-state index is -2.90. The van der Waals surface area contributed by atoms with Gasteiger partial charge < -0.3 is 5.73 Å². The van der Waals surface area contributed by atoms with Crippen LogP contribution >= 0.6 is 0 Å². The van der Waals surface area contributed by atoms with Crippen LogP contribution in [0.3, 0.4) is 0 Å². The van der Waals surface area contributed by atoms with E-state index in [1.165, 1.54) is 0 Å². The van der Waals surface area contributed by atoms with Crippen LogP contribution in [0.15, 0.2) is 0 Å². The molecule has 3 nitrogen and oxygen atoms in total. The third-order valence-corrected chi connectivity index (χ3v) is 2.48. The van der Waals surface area contributed by atoms with Gasteiger partial charge in [-0.1, -0.05) is 13.3 Å². The molecule has 0 bridgehead atoms. The molecule has 0 radical (unpaired) electrons. The SMILES string of the molecule is CCCCS(=O)(=O)CN. The summed E-state index contributed by atoms with van der Waals surface area (Å²) in [6.45, 7) is 1.95. The van der Waals surface area contributed by atoms with Crippen molar-refractivity contribution in [2.24, 2.45) is 5.73 Å². The zero-order valence-electron chi connectivity index (χ0n) is 5.63. The van der Waals surface area contributed by atoms with E-state index in [2.05, 4.69) is 0 Å². The molecule has 9 heavy (non-hydrogen) atoms. The molecule has 0 fully saturated rings. The fourth-order valence-corrected chi connectivity index (χ4v) is 1.34. The molecule has 0 spiro atoms. The predicted octanol–water partition coefficient (Wildman–Crippen LogP) is 0.118. The topological polar surface area (TPSA) is 60.2 Å². The number of nitrogens with two attached hydrogens (primary N) is 1. The number of sulfone groups is 1. The summed E-state index contributed by atoms with van der Waals surface area (Å²) in [7, 11) is -2.90. The molecule has 0 rings (SSSR count). The first-order chi connectivity index (χ1) is 4.12. The Morgan fingerprint density at radius 1 is 1.44 bits per heavy atom. The molecule has 56 valence electrons. The fourth-order valence-electron chi connectivity index (χ4n) is 0.448. The lowest BCUT2D eigenvalue weighted by Gasteiger charge is -1.96. The van der Waals surface area contributed by atoms with Gasteiger partial charge in [-0.25, -0.2) is 8.42 Å². The molecule has 0 saturated carbocycles. The maximum atomic E-state index is 10.6. The molecule has 0 aromatic rings. The Kier molecular flexibility index (Phi) is 3.81. The molecule has 0 aliphatic carbocycles. The standard InChI is InChI=1S/C5H13NO2S/c1-2-3-4-9(7,8)5-6/h2-6H2,1H3. The van der Waals surface area contributed by atoms with Gasteiger partial charge in [-0.05, 0) is 6.42 Å². The Hall–Kier alpha value is -0.0900. The normalized spacial score (nSPS) is 11.8. The van der Waals surface area contributed by atoms with Gasteiger partial charge in [-0.2, -0.15) is 0 Å². The quantitative estimate of drug-likeness (QED) is 0.620. The van der Waals surface area contributed by atoms with Crippen molar-refractivity contribution in [3.63, 3.8) is 0 Å². The van der Waals surface area contributed by atoms with Crippen molar-refractivity contribution in [2.45, 2.75) is 19.8 Å². The van der Waals surface area contributed by atoms with Gasteiger partial charge in [0.1, 0.15) is 0 Å². The Labute approximate surface area is 56.2 Å². The van der Waals surface area contributed by atoms with Gasteiger partial charge in [0.05, 0.1) is 11.6 Å². The summed E-state index contributed by atoms with van der Waals surface area (Å²) in [6.07, 6.45) is 1.62. The highest BCUT2D eigenvalue weighted by Crippen LogP contribution is 1.93. The molecule has 0 aromatic carbocycles. The minimum absolute atomic E-state index is 0.215. The van der Waals surface area contributed by atoms with E-state index >= 15 is 0 Å². The Morgan fingerprint density at radius 2 is 2.00 bits per heavy atom. The molecule has 0 amide bonds. The van der Waals surface area contributed by atoms with Crippen LogP contribution in [0.5, 0.6) is 0 Å². The number of hydrogen-bond acceptors (Lipinski definition) is 3. The largest absolute Gasteiger partial charge is 0.318 e. The highest BCUT2D eigenvalue weighted by atomic mass is 32.2. The first-order valence-corrected chi connectivity index (χ1v) is 4.85. The first kappa shape index (κ1) is 8.91. The third kappa shape index (κ3) is 4.42. The van der Waals surface area contributed by atoms with Gasteiger partial charge >= 0.3 is 0 Å². The average molecular weight is 151 g/mol. The van der Waals surface area contributed by atoms with Gasteiger partial charge in [0.2, 0.25) is 0 Å². The molecule has 0 aromatic heterocycles. The van der Waals surface area contributed by atoms with Crippen LogP contribution < -0.4 is 5.73 Å². The van der Waals surface area contributed by atoms with Gasteiger partial charge in [0.25, 0.3) is 0 Å². The third-order valence-electron chi connectivity index (χ3n) is 1.06. The second-order valence-corrected chi connectivity index (χ2v) is 4.20. The van der Waals surface area contributed by atoms with E-state index in [0.717, 1.165) is 12.8 Å². The lowest BCUT2D eigenvalue weighted by atomic mass is 10.4. The first-order valence-electron chi connectivity index (χ1n) is 3.03. The fraction of sp³-hybridized carbons (Fsp3) is 1.00. The average Bonchev–Trinajstić information content (AvgIpc) is 1.84. The van der Waals surface area contributed by atoms with Gasteiger partial charge in [-0.3, -0.25) is 0 Å². The molecule has 4 heteroatoms. The van der Waals surface area contributed by atoms with E-state index in [1.54, 1.807) is 0 Å². The summed E-state index contributed by atoms with van der Waals surface area (Å²) in [5.74, 6) is 0.0208. The van der Waals surface area contributed by atoms with Crippen LogP contribution in [-0.2, 0) is 9.84 Å². The van der Waals surface area contributed by atoms with Crippen molar-refractivity contribution >= 4 is 9.84 Å². The minimum Gasteiger partial charge on any atom is -0.318 e. The van der Waals surface area contributed by atoms with Crippen molar-refractivity contribution in [3.05, 3.63) is 0 Å². The summed E-state index contributed by atoms with van der Waals surface area (Å²) >= 11 is 0. The summed E-state index contributed by atoms with van der Waals surface area (Å²) in [4.78, 5) is 0. The number of hydrogen-bond donors (Lipinski definition) is 1. The Bertz CT molecular complexity index is 150. The van der Waals surface area contributed by atoms with Gasteiger partial charge in [-0.15, -0.1) is 0 Å². The maximum absolute atomic E-state index is 10.6. The lowest BCUT2D eigenvalue weighted by molar-refractivity contribution is 0.593. The molecule has 0 unspecified atom stereocenters. The summed E-state index contributed by atoms with van der Waals surface area (Å²) in [6, 6.07) is 0. The monoisotopic (exact) mass is 151 g/mol. The van der Waals surface area contributed by atoms with Crippen molar-refractivity contribution < 1.29 is 8.42 Å². The van der Waals surface area contributed by atoms with Crippen LogP contribution in [0.4, 0.5) is 0 Å². The molecule has 0 aliphatic rings. The van der Waals surface area contributed by atoms with E-state index in [0.29, 0.717) is 0 Å². The second kappa shape index (κ2) is 3.85. The van der Waals surface area contributed by atoms with Crippen LogP contribution in [0, 0.1) is 0 Å². The summed E-state index contributed by atoms with van der Waals surface area (Å²) in [5, 5.41) is 0. The molecular formula is C5H13NO2S. The second-order valence-electron chi connectivity index (χ2n) is 1.97. The van der Waals surface area contributed by atoms with Crippen LogP contribution in [-0.4, -0.2) is 20.0 Å². The lowest BCUT2D eigenvalue weighted by Crippen LogP contribution is -2.17. The summed E-state index contributed by atoms with van der Waals surface area (Å²) < 4.78 is 21.3. The number of rotatable bonds is 4.